The molecule has 0 aliphatic carbocycles. The van der Waals surface area contributed by atoms with Gasteiger partial charge in [-0.05, 0) is 49.1 Å². The molecular weight excluding hydrogens is 370 g/mol. The second-order valence-corrected chi connectivity index (χ2v) is 7.20. The van der Waals surface area contributed by atoms with Crippen molar-refractivity contribution in [1.29, 1.82) is 0 Å². The van der Waals surface area contributed by atoms with E-state index in [0.29, 0.717) is 16.8 Å². The van der Waals surface area contributed by atoms with Crippen molar-refractivity contribution < 1.29 is 14.7 Å². The fourth-order valence-corrected chi connectivity index (χ4v) is 3.86. The number of nitrogens with two attached hydrogens (primary N) is 2. The molecule has 0 spiro atoms. The Bertz CT molecular complexity index is 1150. The van der Waals surface area contributed by atoms with Crippen LogP contribution in [-0.4, -0.2) is 40.0 Å². The highest BCUT2D eigenvalue weighted by Crippen LogP contribution is 2.37. The molecule has 5 N–H and O–H groups in total. The fraction of sp³-hybridized carbons (Fsp3) is 0.238. The molecule has 0 bridgehead atoms. The number of primary amides is 2. The van der Waals surface area contributed by atoms with Crippen molar-refractivity contribution in [2.24, 2.45) is 11.5 Å². The van der Waals surface area contributed by atoms with Crippen LogP contribution < -0.4 is 16.4 Å². The highest BCUT2D eigenvalue weighted by atomic mass is 16.3. The Kier molecular flexibility index (Phi) is 4.54. The van der Waals surface area contributed by atoms with Gasteiger partial charge in [0, 0.05) is 30.1 Å². The van der Waals surface area contributed by atoms with Crippen LogP contribution in [0.25, 0.3) is 22.0 Å². The first-order valence-corrected chi connectivity index (χ1v) is 9.35. The molecular formula is C21H21N5O3. The standard InChI is InChI=1S/C21H21N5O3/c1-11-8-17(27)24-15-5-4-12(9-13(11)15)14-10-16(20(22)28)25-18(21(23)29)19(14)26-6-2-3-7-26/h4-5,8-10H,2-3,6-7H2,1H3,(H2,22,28)(H2,23,29)(H,24,27). The largest absolute Gasteiger partial charge is 0.493 e. The maximum Gasteiger partial charge on any atom is 0.269 e. The summed E-state index contributed by atoms with van der Waals surface area (Å²) < 4.78 is 0. The predicted octanol–water partition coefficient (Wildman–Crippen LogP) is 2.11. The zero-order chi connectivity index (χ0) is 20.7. The number of fused-ring (bicyclic) bond motifs is 1. The normalized spacial score (nSPS) is 13.8. The van der Waals surface area contributed by atoms with Gasteiger partial charge in [-0.3, -0.25) is 9.59 Å². The summed E-state index contributed by atoms with van der Waals surface area (Å²) in [5.41, 5.74) is 14.7. The molecule has 3 heterocycles. The first kappa shape index (κ1) is 18.7. The van der Waals surface area contributed by atoms with Crippen molar-refractivity contribution in [2.45, 2.75) is 19.8 Å². The molecule has 4 rings (SSSR count). The number of pyridine rings is 2. The molecule has 8 heteroatoms. The van der Waals surface area contributed by atoms with E-state index in [1.807, 2.05) is 19.1 Å². The molecule has 8 nitrogen and oxygen atoms in total. The van der Waals surface area contributed by atoms with Crippen molar-refractivity contribution >= 4 is 28.4 Å². The van der Waals surface area contributed by atoms with Gasteiger partial charge in [0.25, 0.3) is 11.8 Å². The van der Waals surface area contributed by atoms with Gasteiger partial charge in [0.2, 0.25) is 5.88 Å². The number of carbonyl (C=O) groups is 2. The number of benzene rings is 1. The van der Waals surface area contributed by atoms with Gasteiger partial charge < -0.3 is 21.5 Å². The van der Waals surface area contributed by atoms with Crippen LogP contribution in [0.4, 0.5) is 5.69 Å². The summed E-state index contributed by atoms with van der Waals surface area (Å²) in [6.07, 6.45) is 1.99. The highest BCUT2D eigenvalue weighted by Gasteiger charge is 2.26. The smallest absolute Gasteiger partial charge is 0.269 e. The molecule has 3 aromatic rings. The summed E-state index contributed by atoms with van der Waals surface area (Å²) in [4.78, 5) is 34.4. The molecule has 0 radical (unpaired) electrons. The lowest BCUT2D eigenvalue weighted by Gasteiger charge is -2.24. The van der Waals surface area contributed by atoms with Crippen molar-refractivity contribution in [3.8, 4) is 17.0 Å². The minimum atomic E-state index is -0.731. The Balaban J connectivity index is 2.02. The molecule has 1 aliphatic heterocycles. The zero-order valence-electron chi connectivity index (χ0n) is 16.0. The van der Waals surface area contributed by atoms with Crippen molar-refractivity contribution in [3.63, 3.8) is 0 Å². The zero-order valence-corrected chi connectivity index (χ0v) is 16.0. The van der Waals surface area contributed by atoms with Crippen molar-refractivity contribution in [3.05, 3.63) is 47.3 Å². The van der Waals surface area contributed by atoms with Gasteiger partial charge >= 0.3 is 0 Å². The number of carbonyl (C=O) groups excluding carboxylic acids is 2. The molecule has 29 heavy (non-hydrogen) atoms. The van der Waals surface area contributed by atoms with Gasteiger partial charge in [-0.15, -0.1) is 0 Å². The van der Waals surface area contributed by atoms with Crippen molar-refractivity contribution in [2.75, 3.05) is 18.0 Å². The van der Waals surface area contributed by atoms with Crippen LogP contribution in [0.1, 0.15) is 39.4 Å². The number of hydrogen-bond acceptors (Lipinski definition) is 6. The lowest BCUT2D eigenvalue weighted by atomic mass is 9.97. The number of rotatable bonds is 4. The van der Waals surface area contributed by atoms with Crippen LogP contribution in [-0.2, 0) is 0 Å². The second kappa shape index (κ2) is 7.05. The van der Waals surface area contributed by atoms with E-state index >= 15 is 0 Å². The van der Waals surface area contributed by atoms with E-state index in [1.165, 1.54) is 0 Å². The third kappa shape index (κ3) is 3.33. The molecule has 0 saturated carbocycles. The molecule has 148 valence electrons. The predicted molar refractivity (Wildman–Crippen MR) is 110 cm³/mol. The molecule has 1 fully saturated rings. The maximum atomic E-state index is 12.2. The van der Waals surface area contributed by atoms with Gasteiger partial charge in [0.05, 0.1) is 11.2 Å². The fourth-order valence-electron chi connectivity index (χ4n) is 3.86. The number of hydrogen-bond donors (Lipinski definition) is 3. The molecule has 1 aromatic carbocycles. The third-order valence-electron chi connectivity index (χ3n) is 5.21. The quantitative estimate of drug-likeness (QED) is 0.623. The first-order chi connectivity index (χ1) is 13.8. The monoisotopic (exact) mass is 391 g/mol. The summed E-state index contributed by atoms with van der Waals surface area (Å²) >= 11 is 0. The Hall–Kier alpha value is -3.68. The van der Waals surface area contributed by atoms with Crippen LogP contribution in [0.5, 0.6) is 5.88 Å². The second-order valence-electron chi connectivity index (χ2n) is 7.20. The molecule has 2 amide bonds. The van der Waals surface area contributed by atoms with Crippen molar-refractivity contribution in [1.82, 2.24) is 9.97 Å². The summed E-state index contributed by atoms with van der Waals surface area (Å²) in [5, 5.41) is 10.6. The molecule has 1 aliphatic rings. The van der Waals surface area contributed by atoms with E-state index in [4.69, 9.17) is 11.5 Å². The SMILES string of the molecule is Cc1cc(O)nc2ccc(-c3cc(C(N)=O)nc(C(N)=O)c3N3CCCC3)cc12. The maximum absolute atomic E-state index is 12.2. The number of amides is 2. The van der Waals surface area contributed by atoms with Crippen LogP contribution in [0, 0.1) is 6.92 Å². The molecule has 0 atom stereocenters. The minimum absolute atomic E-state index is 0.0163. The minimum Gasteiger partial charge on any atom is -0.493 e. The van der Waals surface area contributed by atoms with E-state index in [1.54, 1.807) is 18.2 Å². The van der Waals surface area contributed by atoms with Gasteiger partial charge in [-0.1, -0.05) is 6.07 Å². The summed E-state index contributed by atoms with van der Waals surface area (Å²) in [5.74, 6) is -1.48. The van der Waals surface area contributed by atoms with Gasteiger partial charge in [0.1, 0.15) is 5.69 Å². The van der Waals surface area contributed by atoms with Gasteiger partial charge in [-0.25, -0.2) is 9.97 Å². The third-order valence-corrected chi connectivity index (χ3v) is 5.21. The number of aromatic nitrogens is 2. The average Bonchev–Trinajstić information content (AvgIpc) is 3.21. The van der Waals surface area contributed by atoms with Crippen LogP contribution in [0.2, 0.25) is 0 Å². The Morgan fingerprint density at radius 2 is 1.76 bits per heavy atom. The summed E-state index contributed by atoms with van der Waals surface area (Å²) in [6.45, 7) is 3.42. The number of aromatic hydroxyl groups is 1. The summed E-state index contributed by atoms with van der Waals surface area (Å²) in [7, 11) is 0. The Morgan fingerprint density at radius 3 is 2.41 bits per heavy atom. The van der Waals surface area contributed by atoms with E-state index < -0.39 is 11.8 Å². The number of aryl methyl sites for hydroxylation is 1. The van der Waals surface area contributed by atoms with E-state index in [2.05, 4.69) is 14.9 Å². The van der Waals surface area contributed by atoms with E-state index in [-0.39, 0.29) is 17.3 Å². The average molecular weight is 391 g/mol. The molecule has 0 unspecified atom stereocenters. The first-order valence-electron chi connectivity index (χ1n) is 9.35. The van der Waals surface area contributed by atoms with Crippen LogP contribution >= 0.6 is 0 Å². The van der Waals surface area contributed by atoms with E-state index in [0.717, 1.165) is 42.4 Å². The van der Waals surface area contributed by atoms with Gasteiger partial charge in [-0.2, -0.15) is 0 Å². The summed E-state index contributed by atoms with van der Waals surface area (Å²) in [6, 6.07) is 8.73. The molecule has 2 aromatic heterocycles. The highest BCUT2D eigenvalue weighted by molar-refractivity contribution is 6.04. The lowest BCUT2D eigenvalue weighted by molar-refractivity contribution is 0.0992. The Labute approximate surface area is 167 Å². The molecule has 1 saturated heterocycles. The number of anilines is 1. The van der Waals surface area contributed by atoms with Crippen LogP contribution in [0.15, 0.2) is 30.3 Å². The topological polar surface area (TPSA) is 135 Å². The van der Waals surface area contributed by atoms with Crippen LogP contribution in [0.3, 0.4) is 0 Å². The van der Waals surface area contributed by atoms with E-state index in [9.17, 15) is 14.7 Å². The number of nitrogens with zero attached hydrogens (tertiary/aromatic N) is 3. The lowest BCUT2D eigenvalue weighted by Crippen LogP contribution is -2.27. The Morgan fingerprint density at radius 1 is 1.03 bits per heavy atom. The van der Waals surface area contributed by atoms with Gasteiger partial charge in [0.15, 0.2) is 5.69 Å².